The van der Waals surface area contributed by atoms with Crippen LogP contribution in [0.2, 0.25) is 0 Å². The van der Waals surface area contributed by atoms with E-state index in [1.165, 1.54) is 19.1 Å². The summed E-state index contributed by atoms with van der Waals surface area (Å²) in [5.74, 6) is 0.217. The van der Waals surface area contributed by atoms with Gasteiger partial charge in [-0.3, -0.25) is 14.5 Å². The Hall–Kier alpha value is -3.32. The molecule has 7 heteroatoms. The minimum atomic E-state index is -0.389. The van der Waals surface area contributed by atoms with Crippen LogP contribution >= 0.6 is 0 Å². The van der Waals surface area contributed by atoms with E-state index in [0.29, 0.717) is 17.1 Å². The largest absolute Gasteiger partial charge is 0.493 e. The Morgan fingerprint density at radius 3 is 2.28 bits per heavy atom. The molecule has 0 aliphatic carbocycles. The molecule has 0 aromatic heterocycles. The van der Waals surface area contributed by atoms with Crippen molar-refractivity contribution in [1.82, 2.24) is 9.80 Å². The van der Waals surface area contributed by atoms with Crippen molar-refractivity contribution in [1.29, 1.82) is 0 Å². The molecule has 29 heavy (non-hydrogen) atoms. The predicted octanol–water partition coefficient (Wildman–Crippen LogP) is 1.91. The van der Waals surface area contributed by atoms with E-state index < -0.39 is 0 Å². The summed E-state index contributed by atoms with van der Waals surface area (Å²) >= 11 is 0. The number of carbonyl (C=O) groups excluding carboxylic acids is 2. The summed E-state index contributed by atoms with van der Waals surface area (Å²) < 4.78 is 10.6. The van der Waals surface area contributed by atoms with Gasteiger partial charge >= 0.3 is 0 Å². The van der Waals surface area contributed by atoms with Gasteiger partial charge in [0.25, 0.3) is 11.8 Å². The molecular weight excluding hydrogens is 372 g/mol. The Kier molecular flexibility index (Phi) is 6.19. The first kappa shape index (κ1) is 20.4. The molecule has 152 valence electrons. The molecular formula is C22H24N2O5. The Bertz CT molecular complexity index is 939. The zero-order valence-electron chi connectivity index (χ0n) is 16.7. The van der Waals surface area contributed by atoms with E-state index in [1.54, 1.807) is 30.1 Å². The lowest BCUT2D eigenvalue weighted by Gasteiger charge is -2.20. The van der Waals surface area contributed by atoms with Crippen molar-refractivity contribution in [2.45, 2.75) is 6.54 Å². The van der Waals surface area contributed by atoms with Gasteiger partial charge in [-0.05, 0) is 23.3 Å². The van der Waals surface area contributed by atoms with Crippen LogP contribution in [-0.2, 0) is 16.1 Å². The average molecular weight is 396 g/mol. The maximum Gasteiger partial charge on any atom is 0.278 e. The monoisotopic (exact) mass is 396 g/mol. The highest BCUT2D eigenvalue weighted by Gasteiger charge is 2.40. The van der Waals surface area contributed by atoms with Crippen LogP contribution in [0.4, 0.5) is 0 Å². The third-order valence-electron chi connectivity index (χ3n) is 4.82. The number of nitrogens with zero attached hydrogens (tertiary/aromatic N) is 2. The fourth-order valence-electron chi connectivity index (χ4n) is 3.34. The van der Waals surface area contributed by atoms with Crippen molar-refractivity contribution in [3.8, 4) is 11.5 Å². The van der Waals surface area contributed by atoms with Crippen LogP contribution in [0.15, 0.2) is 54.2 Å². The van der Waals surface area contributed by atoms with Crippen LogP contribution in [0, 0.1) is 0 Å². The maximum absolute atomic E-state index is 13.3. The van der Waals surface area contributed by atoms with Crippen molar-refractivity contribution in [3.05, 3.63) is 65.4 Å². The van der Waals surface area contributed by atoms with Gasteiger partial charge in [-0.1, -0.05) is 36.4 Å². The van der Waals surface area contributed by atoms with Gasteiger partial charge in [-0.15, -0.1) is 0 Å². The number of likely N-dealkylation sites (N-methyl/N-ethyl adjacent to an activating group) is 1. The van der Waals surface area contributed by atoms with Crippen LogP contribution in [0.3, 0.4) is 0 Å². The van der Waals surface area contributed by atoms with Crippen LogP contribution in [0.1, 0.15) is 11.1 Å². The zero-order valence-corrected chi connectivity index (χ0v) is 16.7. The van der Waals surface area contributed by atoms with Crippen molar-refractivity contribution >= 4 is 17.4 Å². The topological polar surface area (TPSA) is 79.3 Å². The number of imide groups is 1. The van der Waals surface area contributed by atoms with E-state index in [-0.39, 0.29) is 42.8 Å². The molecule has 7 nitrogen and oxygen atoms in total. The number of benzene rings is 2. The van der Waals surface area contributed by atoms with Gasteiger partial charge in [0.2, 0.25) is 0 Å². The number of hydrogen-bond donors (Lipinski definition) is 1. The highest BCUT2D eigenvalue weighted by atomic mass is 16.5. The smallest absolute Gasteiger partial charge is 0.278 e. The van der Waals surface area contributed by atoms with Crippen molar-refractivity contribution in [3.63, 3.8) is 0 Å². The first-order valence-corrected chi connectivity index (χ1v) is 9.20. The molecule has 0 radical (unpaired) electrons. The standard InChI is InChI=1S/C22H24N2O5/c1-23(11-12-25)20-19(16-9-10-17(28-2)18(13-16)29-3)21(26)24(22(20)27)14-15-7-5-4-6-8-15/h4-10,13,25H,11-12,14H2,1-3H3. The minimum absolute atomic E-state index is 0.140. The summed E-state index contributed by atoms with van der Waals surface area (Å²) in [4.78, 5) is 29.3. The van der Waals surface area contributed by atoms with Crippen LogP contribution < -0.4 is 9.47 Å². The lowest BCUT2D eigenvalue weighted by molar-refractivity contribution is -0.138. The summed E-state index contributed by atoms with van der Waals surface area (Å²) in [7, 11) is 4.73. The van der Waals surface area contributed by atoms with Crippen LogP contribution in [-0.4, -0.2) is 61.1 Å². The van der Waals surface area contributed by atoms with E-state index in [2.05, 4.69) is 0 Å². The first-order valence-electron chi connectivity index (χ1n) is 9.20. The molecule has 0 bridgehead atoms. The van der Waals surface area contributed by atoms with Gasteiger partial charge in [-0.2, -0.15) is 0 Å². The van der Waals surface area contributed by atoms with Crippen molar-refractivity contribution < 1.29 is 24.2 Å². The first-order chi connectivity index (χ1) is 14.0. The molecule has 0 saturated carbocycles. The molecule has 2 aromatic carbocycles. The van der Waals surface area contributed by atoms with Crippen LogP contribution in [0.5, 0.6) is 11.5 Å². The van der Waals surface area contributed by atoms with Crippen LogP contribution in [0.25, 0.3) is 5.57 Å². The number of aliphatic hydroxyl groups excluding tert-OH is 1. The van der Waals surface area contributed by atoms with Crippen molar-refractivity contribution in [2.24, 2.45) is 0 Å². The zero-order chi connectivity index (χ0) is 21.0. The third-order valence-corrected chi connectivity index (χ3v) is 4.82. The number of hydrogen-bond acceptors (Lipinski definition) is 6. The molecule has 1 aliphatic rings. The number of carbonyl (C=O) groups is 2. The molecule has 0 fully saturated rings. The fraction of sp³-hybridized carbons (Fsp3) is 0.273. The quantitative estimate of drug-likeness (QED) is 0.687. The molecule has 1 aliphatic heterocycles. The lowest BCUT2D eigenvalue weighted by atomic mass is 10.0. The normalized spacial score (nSPS) is 13.9. The second kappa shape index (κ2) is 8.79. The van der Waals surface area contributed by atoms with Gasteiger partial charge in [0.1, 0.15) is 5.70 Å². The highest BCUT2D eigenvalue weighted by Crippen LogP contribution is 2.36. The summed E-state index contributed by atoms with van der Waals surface area (Å²) in [5, 5.41) is 9.35. The lowest BCUT2D eigenvalue weighted by Crippen LogP contribution is -2.34. The number of aliphatic hydroxyl groups is 1. The molecule has 1 heterocycles. The van der Waals surface area contributed by atoms with Gasteiger partial charge in [0.15, 0.2) is 11.5 Å². The van der Waals surface area contributed by atoms with E-state index in [4.69, 9.17) is 9.47 Å². The molecule has 2 aromatic rings. The van der Waals surface area contributed by atoms with Gasteiger partial charge in [0.05, 0.1) is 32.9 Å². The second-order valence-corrected chi connectivity index (χ2v) is 6.62. The number of rotatable bonds is 8. The molecule has 0 spiro atoms. The SMILES string of the molecule is COc1ccc(C2=C(N(C)CCO)C(=O)N(Cc3ccccc3)C2=O)cc1OC. The Morgan fingerprint density at radius 2 is 1.66 bits per heavy atom. The highest BCUT2D eigenvalue weighted by molar-refractivity contribution is 6.35. The Morgan fingerprint density at radius 1 is 0.966 bits per heavy atom. The molecule has 1 N–H and O–H groups in total. The molecule has 2 amide bonds. The van der Waals surface area contributed by atoms with Crippen molar-refractivity contribution in [2.75, 3.05) is 34.4 Å². The summed E-state index contributed by atoms with van der Waals surface area (Å²) in [6.45, 7) is 0.259. The number of methoxy groups -OCH3 is 2. The molecule has 0 atom stereocenters. The second-order valence-electron chi connectivity index (χ2n) is 6.62. The molecule has 0 unspecified atom stereocenters. The van der Waals surface area contributed by atoms with Gasteiger partial charge in [-0.25, -0.2) is 0 Å². The third kappa shape index (κ3) is 3.95. The Balaban J connectivity index is 2.06. The number of ether oxygens (including phenoxy) is 2. The van der Waals surface area contributed by atoms with E-state index in [0.717, 1.165) is 5.56 Å². The van der Waals surface area contributed by atoms with Gasteiger partial charge in [0, 0.05) is 13.6 Å². The fourth-order valence-corrected chi connectivity index (χ4v) is 3.34. The summed E-state index contributed by atoms with van der Waals surface area (Å²) in [6, 6.07) is 14.4. The van der Waals surface area contributed by atoms with E-state index in [9.17, 15) is 14.7 Å². The number of amides is 2. The molecule has 3 rings (SSSR count). The van der Waals surface area contributed by atoms with E-state index in [1.807, 2.05) is 30.3 Å². The van der Waals surface area contributed by atoms with Gasteiger partial charge < -0.3 is 19.5 Å². The van der Waals surface area contributed by atoms with E-state index >= 15 is 0 Å². The molecule has 0 saturated heterocycles. The summed E-state index contributed by atoms with van der Waals surface area (Å²) in [5.41, 5.74) is 1.94. The summed E-state index contributed by atoms with van der Waals surface area (Å²) in [6.07, 6.45) is 0. The minimum Gasteiger partial charge on any atom is -0.493 e. The predicted molar refractivity (Wildman–Crippen MR) is 108 cm³/mol. The maximum atomic E-state index is 13.3. The average Bonchev–Trinajstić information content (AvgIpc) is 2.99. The Labute approximate surface area is 169 Å².